The summed E-state index contributed by atoms with van der Waals surface area (Å²) in [5, 5.41) is 9.67. The molecule has 0 spiro atoms. The number of hydrogen-bond donors (Lipinski definition) is 1. The van der Waals surface area contributed by atoms with Crippen LogP contribution in [-0.2, 0) is 20.7 Å². The predicted molar refractivity (Wildman–Crippen MR) is 73.1 cm³/mol. The minimum atomic E-state index is -0.196. The first kappa shape index (κ1) is 14.4. The van der Waals surface area contributed by atoms with Crippen molar-refractivity contribution in [3.8, 4) is 5.75 Å². The van der Waals surface area contributed by atoms with Gasteiger partial charge in [-0.05, 0) is 18.9 Å². The van der Waals surface area contributed by atoms with Crippen molar-refractivity contribution in [2.24, 2.45) is 5.92 Å². The Kier molecular flexibility index (Phi) is 4.61. The SMILES string of the molecule is COC(=O)C1CCN(C(=O)Cc2ccccc2O)CC1. The van der Waals surface area contributed by atoms with Crippen LogP contribution in [0.4, 0.5) is 0 Å². The van der Waals surface area contributed by atoms with E-state index in [-0.39, 0.29) is 30.0 Å². The van der Waals surface area contributed by atoms with Crippen molar-refractivity contribution < 1.29 is 19.4 Å². The van der Waals surface area contributed by atoms with E-state index in [0.29, 0.717) is 31.5 Å². The molecule has 2 rings (SSSR count). The van der Waals surface area contributed by atoms with Crippen molar-refractivity contribution in [3.05, 3.63) is 29.8 Å². The maximum absolute atomic E-state index is 12.2. The highest BCUT2D eigenvalue weighted by atomic mass is 16.5. The highest BCUT2D eigenvalue weighted by molar-refractivity contribution is 5.80. The van der Waals surface area contributed by atoms with Crippen LogP contribution in [0.2, 0.25) is 0 Å². The number of para-hydroxylation sites is 1. The van der Waals surface area contributed by atoms with E-state index in [1.807, 2.05) is 0 Å². The maximum atomic E-state index is 12.2. The van der Waals surface area contributed by atoms with Crippen molar-refractivity contribution in [1.29, 1.82) is 0 Å². The molecule has 1 heterocycles. The molecule has 1 aromatic carbocycles. The normalized spacial score (nSPS) is 15.9. The Morgan fingerprint density at radius 2 is 1.95 bits per heavy atom. The molecule has 0 aliphatic carbocycles. The largest absolute Gasteiger partial charge is 0.508 e. The van der Waals surface area contributed by atoms with Crippen LogP contribution >= 0.6 is 0 Å². The molecule has 1 amide bonds. The van der Waals surface area contributed by atoms with Gasteiger partial charge in [-0.25, -0.2) is 0 Å². The number of rotatable bonds is 3. The number of phenols is 1. The molecule has 1 aliphatic rings. The zero-order valence-electron chi connectivity index (χ0n) is 11.5. The molecular weight excluding hydrogens is 258 g/mol. The standard InChI is InChI=1S/C15H19NO4/c1-20-15(19)11-6-8-16(9-7-11)14(18)10-12-4-2-3-5-13(12)17/h2-5,11,17H,6-10H2,1H3. The molecule has 0 aromatic heterocycles. The van der Waals surface area contributed by atoms with Crippen molar-refractivity contribution in [3.63, 3.8) is 0 Å². The lowest BCUT2D eigenvalue weighted by Crippen LogP contribution is -2.41. The number of amides is 1. The Hall–Kier alpha value is -2.04. The first-order valence-corrected chi connectivity index (χ1v) is 6.74. The second-order valence-corrected chi connectivity index (χ2v) is 4.98. The van der Waals surface area contributed by atoms with Crippen LogP contribution in [0.15, 0.2) is 24.3 Å². The number of hydrogen-bond acceptors (Lipinski definition) is 4. The third kappa shape index (κ3) is 3.29. The van der Waals surface area contributed by atoms with E-state index in [1.165, 1.54) is 7.11 Å². The maximum Gasteiger partial charge on any atom is 0.308 e. The molecule has 20 heavy (non-hydrogen) atoms. The Bertz CT molecular complexity index is 492. The van der Waals surface area contributed by atoms with Gasteiger partial charge in [0.1, 0.15) is 5.75 Å². The van der Waals surface area contributed by atoms with Crippen molar-refractivity contribution in [2.45, 2.75) is 19.3 Å². The molecule has 0 atom stereocenters. The number of methoxy groups -OCH3 is 1. The van der Waals surface area contributed by atoms with E-state index in [0.717, 1.165) is 0 Å². The predicted octanol–water partition coefficient (Wildman–Crippen LogP) is 1.35. The van der Waals surface area contributed by atoms with Crippen LogP contribution < -0.4 is 0 Å². The van der Waals surface area contributed by atoms with Crippen LogP contribution in [0.3, 0.4) is 0 Å². The fourth-order valence-corrected chi connectivity index (χ4v) is 2.47. The molecule has 108 valence electrons. The van der Waals surface area contributed by atoms with E-state index in [1.54, 1.807) is 29.2 Å². The number of carbonyl (C=O) groups is 2. The lowest BCUT2D eigenvalue weighted by molar-refractivity contribution is -0.148. The number of benzene rings is 1. The van der Waals surface area contributed by atoms with E-state index >= 15 is 0 Å². The number of likely N-dealkylation sites (tertiary alicyclic amines) is 1. The van der Waals surface area contributed by atoms with Gasteiger partial charge in [0.05, 0.1) is 19.4 Å². The Balaban J connectivity index is 1.89. The Morgan fingerprint density at radius 3 is 2.55 bits per heavy atom. The molecule has 5 nitrogen and oxygen atoms in total. The fraction of sp³-hybridized carbons (Fsp3) is 0.467. The number of nitrogens with zero attached hydrogens (tertiary/aromatic N) is 1. The minimum Gasteiger partial charge on any atom is -0.508 e. The third-order valence-corrected chi connectivity index (χ3v) is 3.72. The van der Waals surface area contributed by atoms with Crippen LogP contribution in [0.1, 0.15) is 18.4 Å². The molecule has 1 aromatic rings. The molecule has 1 N–H and O–H groups in total. The van der Waals surface area contributed by atoms with E-state index in [2.05, 4.69) is 0 Å². The van der Waals surface area contributed by atoms with Gasteiger partial charge < -0.3 is 14.7 Å². The summed E-state index contributed by atoms with van der Waals surface area (Å²) in [6, 6.07) is 6.84. The molecule has 0 bridgehead atoms. The van der Waals surface area contributed by atoms with Crippen molar-refractivity contribution >= 4 is 11.9 Å². The van der Waals surface area contributed by atoms with Gasteiger partial charge in [-0.15, -0.1) is 0 Å². The lowest BCUT2D eigenvalue weighted by Gasteiger charge is -2.30. The van der Waals surface area contributed by atoms with E-state index in [4.69, 9.17) is 4.74 Å². The molecule has 0 saturated carbocycles. The van der Waals surface area contributed by atoms with Crippen LogP contribution in [0.5, 0.6) is 5.75 Å². The fourth-order valence-electron chi connectivity index (χ4n) is 2.47. The number of carbonyl (C=O) groups excluding carboxylic acids is 2. The quantitative estimate of drug-likeness (QED) is 0.847. The van der Waals surface area contributed by atoms with E-state index < -0.39 is 0 Å². The van der Waals surface area contributed by atoms with Crippen LogP contribution in [0, 0.1) is 5.92 Å². The second-order valence-electron chi connectivity index (χ2n) is 4.98. The summed E-state index contributed by atoms with van der Waals surface area (Å²) in [6.45, 7) is 1.12. The number of ether oxygens (including phenoxy) is 1. The van der Waals surface area contributed by atoms with Gasteiger partial charge in [-0.2, -0.15) is 0 Å². The average Bonchev–Trinajstić information content (AvgIpc) is 2.49. The zero-order valence-corrected chi connectivity index (χ0v) is 11.5. The molecule has 5 heteroatoms. The van der Waals surface area contributed by atoms with Gasteiger partial charge in [-0.1, -0.05) is 18.2 Å². The second kappa shape index (κ2) is 6.41. The Labute approximate surface area is 118 Å². The highest BCUT2D eigenvalue weighted by Crippen LogP contribution is 2.21. The monoisotopic (exact) mass is 277 g/mol. The summed E-state index contributed by atoms with van der Waals surface area (Å²) in [5.41, 5.74) is 0.632. The van der Waals surface area contributed by atoms with Crippen molar-refractivity contribution in [1.82, 2.24) is 4.90 Å². The summed E-state index contributed by atoms with van der Waals surface area (Å²) in [6.07, 6.45) is 1.47. The highest BCUT2D eigenvalue weighted by Gasteiger charge is 2.27. The number of esters is 1. The summed E-state index contributed by atoms with van der Waals surface area (Å²) in [5.74, 6) is -0.174. The average molecular weight is 277 g/mol. The smallest absolute Gasteiger partial charge is 0.308 e. The van der Waals surface area contributed by atoms with Gasteiger partial charge >= 0.3 is 5.97 Å². The molecule has 1 saturated heterocycles. The molecular formula is C15H19NO4. The summed E-state index contributed by atoms with van der Waals surface area (Å²) < 4.78 is 4.72. The summed E-state index contributed by atoms with van der Waals surface area (Å²) in [4.78, 5) is 25.3. The lowest BCUT2D eigenvalue weighted by atomic mass is 9.96. The molecule has 1 aliphatic heterocycles. The van der Waals surface area contributed by atoms with Gasteiger partial charge in [0.2, 0.25) is 5.91 Å². The van der Waals surface area contributed by atoms with Gasteiger partial charge in [0.15, 0.2) is 0 Å². The molecule has 0 unspecified atom stereocenters. The van der Waals surface area contributed by atoms with Gasteiger partial charge in [0, 0.05) is 18.7 Å². The topological polar surface area (TPSA) is 66.8 Å². The summed E-state index contributed by atoms with van der Waals surface area (Å²) >= 11 is 0. The first-order valence-electron chi connectivity index (χ1n) is 6.74. The van der Waals surface area contributed by atoms with E-state index in [9.17, 15) is 14.7 Å². The number of piperidine rings is 1. The first-order chi connectivity index (χ1) is 9.61. The van der Waals surface area contributed by atoms with Crippen LogP contribution in [0.25, 0.3) is 0 Å². The summed E-state index contributed by atoms with van der Waals surface area (Å²) in [7, 11) is 1.39. The molecule has 0 radical (unpaired) electrons. The zero-order chi connectivity index (χ0) is 14.5. The molecule has 1 fully saturated rings. The van der Waals surface area contributed by atoms with Crippen LogP contribution in [-0.4, -0.2) is 42.1 Å². The third-order valence-electron chi connectivity index (χ3n) is 3.72. The van der Waals surface area contributed by atoms with Gasteiger partial charge in [0.25, 0.3) is 0 Å². The number of aromatic hydroxyl groups is 1. The van der Waals surface area contributed by atoms with Gasteiger partial charge in [-0.3, -0.25) is 9.59 Å². The Morgan fingerprint density at radius 1 is 1.30 bits per heavy atom. The minimum absolute atomic E-state index is 0.0187. The van der Waals surface area contributed by atoms with Crippen molar-refractivity contribution in [2.75, 3.05) is 20.2 Å². The number of phenolic OH excluding ortho intramolecular Hbond substituents is 1.